The zero-order valence-corrected chi connectivity index (χ0v) is 11.0. The van der Waals surface area contributed by atoms with Gasteiger partial charge >= 0.3 is 0 Å². The number of hydrogen-bond acceptors (Lipinski definition) is 2. The van der Waals surface area contributed by atoms with Crippen LogP contribution in [0.5, 0.6) is 0 Å². The van der Waals surface area contributed by atoms with E-state index in [4.69, 9.17) is 17.3 Å². The standard InChI is InChI=1S/C13H11ClFNOS/c14-10-3-1-2-9(6-10)8-18(17)13-5-4-11(15)7-12(13)16/h1-7H,8,16H2. The summed E-state index contributed by atoms with van der Waals surface area (Å²) < 4.78 is 25.0. The van der Waals surface area contributed by atoms with E-state index < -0.39 is 16.6 Å². The van der Waals surface area contributed by atoms with E-state index in [1.165, 1.54) is 18.2 Å². The Bertz CT molecular complexity index is 603. The van der Waals surface area contributed by atoms with E-state index in [0.29, 0.717) is 15.7 Å². The number of nitrogen functional groups attached to an aromatic ring is 1. The molecule has 2 rings (SSSR count). The van der Waals surface area contributed by atoms with Crippen molar-refractivity contribution < 1.29 is 8.60 Å². The van der Waals surface area contributed by atoms with E-state index in [2.05, 4.69) is 0 Å². The summed E-state index contributed by atoms with van der Waals surface area (Å²) in [6.45, 7) is 0. The molecule has 0 amide bonds. The predicted molar refractivity (Wildman–Crippen MR) is 72.4 cm³/mol. The smallest absolute Gasteiger partial charge is 0.125 e. The van der Waals surface area contributed by atoms with Crippen LogP contribution < -0.4 is 5.73 Å². The van der Waals surface area contributed by atoms with Crippen LogP contribution in [-0.2, 0) is 16.6 Å². The van der Waals surface area contributed by atoms with Crippen molar-refractivity contribution in [1.82, 2.24) is 0 Å². The van der Waals surface area contributed by atoms with Crippen molar-refractivity contribution >= 4 is 28.1 Å². The predicted octanol–water partition coefficient (Wildman–Crippen LogP) is 3.37. The lowest BCUT2D eigenvalue weighted by molar-refractivity contribution is 0.627. The molecule has 0 radical (unpaired) electrons. The maximum absolute atomic E-state index is 12.9. The molecule has 0 spiro atoms. The summed E-state index contributed by atoms with van der Waals surface area (Å²) in [6, 6.07) is 11.0. The van der Waals surface area contributed by atoms with Gasteiger partial charge in [-0.25, -0.2) is 4.39 Å². The first kappa shape index (κ1) is 13.1. The Morgan fingerprint density at radius 3 is 2.67 bits per heavy atom. The molecule has 0 bridgehead atoms. The van der Waals surface area contributed by atoms with Crippen LogP contribution >= 0.6 is 11.6 Å². The molecule has 0 heterocycles. The molecule has 2 nitrogen and oxygen atoms in total. The van der Waals surface area contributed by atoms with E-state index in [1.807, 2.05) is 6.07 Å². The topological polar surface area (TPSA) is 43.1 Å². The zero-order chi connectivity index (χ0) is 13.1. The monoisotopic (exact) mass is 283 g/mol. The van der Waals surface area contributed by atoms with Crippen LogP contribution in [0, 0.1) is 5.82 Å². The minimum Gasteiger partial charge on any atom is -0.398 e. The summed E-state index contributed by atoms with van der Waals surface area (Å²) in [5.41, 5.74) is 6.70. The molecule has 0 saturated carbocycles. The first-order valence-electron chi connectivity index (χ1n) is 5.24. The van der Waals surface area contributed by atoms with Crippen molar-refractivity contribution in [3.05, 3.63) is 58.9 Å². The van der Waals surface area contributed by atoms with Gasteiger partial charge in [0.25, 0.3) is 0 Å². The number of rotatable bonds is 3. The van der Waals surface area contributed by atoms with Crippen molar-refractivity contribution in [2.75, 3.05) is 5.73 Å². The minimum absolute atomic E-state index is 0.204. The lowest BCUT2D eigenvalue weighted by atomic mass is 10.2. The average Bonchev–Trinajstić information content (AvgIpc) is 2.28. The highest BCUT2D eigenvalue weighted by molar-refractivity contribution is 7.84. The van der Waals surface area contributed by atoms with Gasteiger partial charge in [0.15, 0.2) is 0 Å². The Balaban J connectivity index is 2.22. The molecule has 0 aliphatic heterocycles. The van der Waals surface area contributed by atoms with Crippen LogP contribution in [0.1, 0.15) is 5.56 Å². The summed E-state index contributed by atoms with van der Waals surface area (Å²) >= 11 is 5.85. The molecule has 2 aromatic rings. The molecule has 0 aliphatic rings. The number of halogens is 2. The van der Waals surface area contributed by atoms with Crippen LogP contribution in [0.2, 0.25) is 5.02 Å². The second-order valence-electron chi connectivity index (χ2n) is 3.80. The minimum atomic E-state index is -1.31. The summed E-state index contributed by atoms with van der Waals surface area (Å²) in [4.78, 5) is 0.441. The van der Waals surface area contributed by atoms with Gasteiger partial charge in [-0.15, -0.1) is 0 Å². The van der Waals surface area contributed by atoms with Gasteiger partial charge in [0.2, 0.25) is 0 Å². The van der Waals surface area contributed by atoms with E-state index in [0.717, 1.165) is 5.56 Å². The van der Waals surface area contributed by atoms with Gasteiger partial charge < -0.3 is 5.73 Å². The fourth-order valence-corrected chi connectivity index (χ4v) is 2.97. The Kier molecular flexibility index (Phi) is 3.99. The van der Waals surface area contributed by atoms with Gasteiger partial charge in [0.1, 0.15) is 5.82 Å². The maximum Gasteiger partial charge on any atom is 0.125 e. The van der Waals surface area contributed by atoms with Crippen molar-refractivity contribution in [2.45, 2.75) is 10.6 Å². The molecule has 18 heavy (non-hydrogen) atoms. The van der Waals surface area contributed by atoms with E-state index in [-0.39, 0.29) is 5.69 Å². The highest BCUT2D eigenvalue weighted by atomic mass is 35.5. The fourth-order valence-electron chi connectivity index (χ4n) is 1.58. The molecule has 2 N–H and O–H groups in total. The summed E-state index contributed by atoms with van der Waals surface area (Å²) in [6.07, 6.45) is 0. The maximum atomic E-state index is 12.9. The average molecular weight is 284 g/mol. The molecule has 2 aromatic carbocycles. The molecule has 0 aromatic heterocycles. The molecule has 1 atom stereocenters. The SMILES string of the molecule is Nc1cc(F)ccc1S(=O)Cc1cccc(Cl)c1. The lowest BCUT2D eigenvalue weighted by Gasteiger charge is -2.06. The number of nitrogens with two attached hydrogens (primary N) is 1. The van der Waals surface area contributed by atoms with Crippen LogP contribution in [0.25, 0.3) is 0 Å². The second kappa shape index (κ2) is 5.50. The molecular formula is C13H11ClFNOS. The Labute approximate surface area is 112 Å². The molecule has 5 heteroatoms. The first-order valence-corrected chi connectivity index (χ1v) is 6.94. The van der Waals surface area contributed by atoms with E-state index in [9.17, 15) is 8.60 Å². The van der Waals surface area contributed by atoms with Crippen molar-refractivity contribution in [3.8, 4) is 0 Å². The van der Waals surface area contributed by atoms with Gasteiger partial charge in [0, 0.05) is 5.02 Å². The Morgan fingerprint density at radius 1 is 1.22 bits per heavy atom. The van der Waals surface area contributed by atoms with Crippen LogP contribution in [0.3, 0.4) is 0 Å². The third kappa shape index (κ3) is 3.09. The molecule has 1 unspecified atom stereocenters. The molecule has 0 saturated heterocycles. The Morgan fingerprint density at radius 2 is 2.00 bits per heavy atom. The summed E-state index contributed by atoms with van der Waals surface area (Å²) in [5.74, 6) is -0.132. The van der Waals surface area contributed by atoms with Crippen molar-refractivity contribution in [2.24, 2.45) is 0 Å². The number of hydrogen-bond donors (Lipinski definition) is 1. The third-order valence-corrected chi connectivity index (χ3v) is 4.10. The second-order valence-corrected chi connectivity index (χ2v) is 5.66. The lowest BCUT2D eigenvalue weighted by Crippen LogP contribution is -2.01. The normalized spacial score (nSPS) is 12.3. The summed E-state index contributed by atoms with van der Waals surface area (Å²) in [7, 11) is -1.31. The number of benzene rings is 2. The third-order valence-electron chi connectivity index (χ3n) is 2.40. The van der Waals surface area contributed by atoms with Gasteiger partial charge in [-0.05, 0) is 35.9 Å². The van der Waals surface area contributed by atoms with Crippen LogP contribution in [0.4, 0.5) is 10.1 Å². The van der Waals surface area contributed by atoms with Crippen molar-refractivity contribution in [1.29, 1.82) is 0 Å². The van der Waals surface area contributed by atoms with E-state index in [1.54, 1.807) is 18.2 Å². The van der Waals surface area contributed by atoms with Gasteiger partial charge in [-0.3, -0.25) is 4.21 Å². The Hall–Kier alpha value is -1.39. The van der Waals surface area contributed by atoms with Gasteiger partial charge in [-0.1, -0.05) is 23.7 Å². The molecule has 0 fully saturated rings. The van der Waals surface area contributed by atoms with Crippen molar-refractivity contribution in [3.63, 3.8) is 0 Å². The first-order chi connectivity index (χ1) is 8.56. The van der Waals surface area contributed by atoms with Crippen LogP contribution in [0.15, 0.2) is 47.4 Å². The zero-order valence-electron chi connectivity index (χ0n) is 9.40. The summed E-state index contributed by atoms with van der Waals surface area (Å²) in [5, 5.41) is 0.594. The fraction of sp³-hybridized carbons (Fsp3) is 0.0769. The molecular weight excluding hydrogens is 273 g/mol. The van der Waals surface area contributed by atoms with E-state index >= 15 is 0 Å². The number of anilines is 1. The highest BCUT2D eigenvalue weighted by Gasteiger charge is 2.10. The largest absolute Gasteiger partial charge is 0.398 e. The highest BCUT2D eigenvalue weighted by Crippen LogP contribution is 2.21. The van der Waals surface area contributed by atoms with Crippen LogP contribution in [-0.4, -0.2) is 4.21 Å². The van der Waals surface area contributed by atoms with Gasteiger partial charge in [0.05, 0.1) is 27.1 Å². The molecule has 94 valence electrons. The van der Waals surface area contributed by atoms with Gasteiger partial charge in [-0.2, -0.15) is 0 Å². The molecule has 0 aliphatic carbocycles. The quantitative estimate of drug-likeness (QED) is 0.878.